The Morgan fingerprint density at radius 2 is 2.13 bits per heavy atom. The largest absolute Gasteiger partial charge is 0.378 e. The predicted molar refractivity (Wildman–Crippen MR) is 65.1 cm³/mol. The zero-order valence-electron chi connectivity index (χ0n) is 10.0. The summed E-state index contributed by atoms with van der Waals surface area (Å²) >= 11 is 0. The third-order valence-electron chi connectivity index (χ3n) is 3.09. The maximum absolute atomic E-state index is 5.78. The Balaban J connectivity index is 1.80. The van der Waals surface area contributed by atoms with Crippen molar-refractivity contribution >= 4 is 0 Å². The van der Waals surface area contributed by atoms with Crippen molar-refractivity contribution in [1.82, 2.24) is 5.32 Å². The third-order valence-corrected chi connectivity index (χ3v) is 3.09. The summed E-state index contributed by atoms with van der Waals surface area (Å²) in [6.07, 6.45) is 9.96. The number of nitrogens with one attached hydrogen (secondary N) is 1. The number of unbranched alkanes of at least 4 members (excludes halogenated alkanes) is 3. The van der Waals surface area contributed by atoms with Gasteiger partial charge in [-0.3, -0.25) is 0 Å². The van der Waals surface area contributed by atoms with Crippen LogP contribution in [0.5, 0.6) is 0 Å². The Kier molecular flexibility index (Phi) is 6.69. The molecule has 0 saturated heterocycles. The van der Waals surface area contributed by atoms with E-state index in [2.05, 4.69) is 11.9 Å². The van der Waals surface area contributed by atoms with E-state index in [0.717, 1.165) is 25.5 Å². The van der Waals surface area contributed by atoms with Crippen LogP contribution in [0.4, 0.5) is 0 Å². The van der Waals surface area contributed by atoms with Gasteiger partial charge in [-0.15, -0.1) is 6.58 Å². The number of hydrogen-bond donors (Lipinski definition) is 1. The Morgan fingerprint density at radius 3 is 2.80 bits per heavy atom. The van der Waals surface area contributed by atoms with Gasteiger partial charge in [0.15, 0.2) is 0 Å². The molecule has 0 amide bonds. The fourth-order valence-electron chi connectivity index (χ4n) is 2.08. The number of allylic oxidation sites excluding steroid dienone is 1. The van der Waals surface area contributed by atoms with Crippen LogP contribution in [0.1, 0.15) is 38.5 Å². The number of rotatable bonds is 9. The minimum atomic E-state index is 0.558. The van der Waals surface area contributed by atoms with E-state index in [4.69, 9.17) is 4.74 Å². The Morgan fingerprint density at radius 1 is 1.33 bits per heavy atom. The molecule has 15 heavy (non-hydrogen) atoms. The SMILES string of the molecule is C=CCCCCCOC1CC(CNC)C1. The third kappa shape index (κ3) is 5.33. The molecule has 0 spiro atoms. The molecule has 0 aromatic heterocycles. The summed E-state index contributed by atoms with van der Waals surface area (Å²) in [4.78, 5) is 0. The summed E-state index contributed by atoms with van der Waals surface area (Å²) in [6.45, 7) is 5.82. The maximum Gasteiger partial charge on any atom is 0.0581 e. The molecule has 1 fully saturated rings. The van der Waals surface area contributed by atoms with Crippen LogP contribution in [-0.4, -0.2) is 26.3 Å². The van der Waals surface area contributed by atoms with Crippen molar-refractivity contribution in [3.8, 4) is 0 Å². The van der Waals surface area contributed by atoms with Gasteiger partial charge >= 0.3 is 0 Å². The zero-order valence-corrected chi connectivity index (χ0v) is 10.0. The molecule has 1 N–H and O–H groups in total. The summed E-state index contributed by atoms with van der Waals surface area (Å²) in [5.41, 5.74) is 0. The topological polar surface area (TPSA) is 21.3 Å². The molecule has 0 aliphatic heterocycles. The van der Waals surface area contributed by atoms with E-state index >= 15 is 0 Å². The maximum atomic E-state index is 5.78. The van der Waals surface area contributed by atoms with E-state index in [0.29, 0.717) is 6.10 Å². The normalized spacial score (nSPS) is 24.9. The zero-order chi connectivity index (χ0) is 10.9. The van der Waals surface area contributed by atoms with Crippen LogP contribution in [0.15, 0.2) is 12.7 Å². The van der Waals surface area contributed by atoms with E-state index in [1.54, 1.807) is 0 Å². The first-order valence-electron chi connectivity index (χ1n) is 6.24. The molecule has 0 aromatic rings. The number of hydrogen-bond acceptors (Lipinski definition) is 2. The molecule has 0 aromatic carbocycles. The molecule has 1 aliphatic carbocycles. The molecule has 1 rings (SSSR count). The van der Waals surface area contributed by atoms with Crippen molar-refractivity contribution in [3.63, 3.8) is 0 Å². The standard InChI is InChI=1S/C13H25NO/c1-3-4-5-6-7-8-15-13-9-12(10-13)11-14-2/h3,12-14H,1,4-11H2,2H3. The van der Waals surface area contributed by atoms with Crippen molar-refractivity contribution < 1.29 is 4.74 Å². The lowest BCUT2D eigenvalue weighted by atomic mass is 9.82. The summed E-state index contributed by atoms with van der Waals surface area (Å²) in [7, 11) is 2.02. The van der Waals surface area contributed by atoms with Gasteiger partial charge in [-0.05, 0) is 51.6 Å². The highest BCUT2D eigenvalue weighted by molar-refractivity contribution is 4.81. The highest BCUT2D eigenvalue weighted by Gasteiger charge is 2.28. The second-order valence-electron chi connectivity index (χ2n) is 4.53. The quantitative estimate of drug-likeness (QED) is 0.468. The van der Waals surface area contributed by atoms with Crippen LogP contribution < -0.4 is 5.32 Å². The average molecular weight is 211 g/mol. The highest BCUT2D eigenvalue weighted by Crippen LogP contribution is 2.29. The smallest absolute Gasteiger partial charge is 0.0581 e. The lowest BCUT2D eigenvalue weighted by Crippen LogP contribution is -2.37. The molecule has 0 atom stereocenters. The van der Waals surface area contributed by atoms with Crippen molar-refractivity contribution in [2.45, 2.75) is 44.6 Å². The molecular weight excluding hydrogens is 186 g/mol. The van der Waals surface area contributed by atoms with Gasteiger partial charge in [0.05, 0.1) is 6.10 Å². The van der Waals surface area contributed by atoms with E-state index in [1.165, 1.54) is 32.1 Å². The fraction of sp³-hybridized carbons (Fsp3) is 0.846. The first-order chi connectivity index (χ1) is 7.36. The molecule has 0 radical (unpaired) electrons. The molecule has 0 heterocycles. The van der Waals surface area contributed by atoms with Crippen molar-refractivity contribution in [1.29, 1.82) is 0 Å². The van der Waals surface area contributed by atoms with Gasteiger partial charge in [0.2, 0.25) is 0 Å². The van der Waals surface area contributed by atoms with Crippen LogP contribution in [0, 0.1) is 5.92 Å². The molecular formula is C13H25NO. The van der Waals surface area contributed by atoms with Crippen LogP contribution in [0.3, 0.4) is 0 Å². The van der Waals surface area contributed by atoms with Crippen LogP contribution in [0.2, 0.25) is 0 Å². The second kappa shape index (κ2) is 7.89. The molecule has 0 unspecified atom stereocenters. The minimum absolute atomic E-state index is 0.558. The van der Waals surface area contributed by atoms with E-state index in [-0.39, 0.29) is 0 Å². The van der Waals surface area contributed by atoms with Gasteiger partial charge in [-0.25, -0.2) is 0 Å². The summed E-state index contributed by atoms with van der Waals surface area (Å²) in [5, 5.41) is 3.22. The van der Waals surface area contributed by atoms with Crippen LogP contribution >= 0.6 is 0 Å². The van der Waals surface area contributed by atoms with E-state index in [1.807, 2.05) is 13.1 Å². The van der Waals surface area contributed by atoms with Gasteiger partial charge in [-0.2, -0.15) is 0 Å². The van der Waals surface area contributed by atoms with Crippen LogP contribution in [-0.2, 0) is 4.74 Å². The van der Waals surface area contributed by atoms with Gasteiger partial charge in [0.1, 0.15) is 0 Å². The fourth-order valence-corrected chi connectivity index (χ4v) is 2.08. The molecule has 2 heteroatoms. The highest BCUT2D eigenvalue weighted by atomic mass is 16.5. The summed E-state index contributed by atoms with van der Waals surface area (Å²) in [5.74, 6) is 0.862. The first kappa shape index (κ1) is 12.7. The lowest BCUT2D eigenvalue weighted by molar-refractivity contribution is -0.0307. The second-order valence-corrected chi connectivity index (χ2v) is 4.53. The van der Waals surface area contributed by atoms with Gasteiger partial charge in [0.25, 0.3) is 0 Å². The van der Waals surface area contributed by atoms with Crippen LogP contribution in [0.25, 0.3) is 0 Å². The predicted octanol–water partition coefficient (Wildman–Crippen LogP) is 2.75. The number of ether oxygens (including phenoxy) is 1. The average Bonchev–Trinajstić information content (AvgIpc) is 2.19. The van der Waals surface area contributed by atoms with E-state index < -0.39 is 0 Å². The van der Waals surface area contributed by atoms with Crippen molar-refractivity contribution in [2.24, 2.45) is 5.92 Å². The minimum Gasteiger partial charge on any atom is -0.378 e. The molecule has 2 nitrogen and oxygen atoms in total. The summed E-state index contributed by atoms with van der Waals surface area (Å²) < 4.78 is 5.78. The van der Waals surface area contributed by atoms with Crippen molar-refractivity contribution in [2.75, 3.05) is 20.2 Å². The van der Waals surface area contributed by atoms with Gasteiger partial charge in [0, 0.05) is 6.61 Å². The molecule has 1 aliphatic rings. The monoisotopic (exact) mass is 211 g/mol. The Hall–Kier alpha value is -0.340. The Bertz CT molecular complexity index is 164. The van der Waals surface area contributed by atoms with Gasteiger partial charge < -0.3 is 10.1 Å². The Labute approximate surface area is 94.1 Å². The molecule has 88 valence electrons. The lowest BCUT2D eigenvalue weighted by Gasteiger charge is -2.35. The summed E-state index contributed by atoms with van der Waals surface area (Å²) in [6, 6.07) is 0. The molecule has 0 bridgehead atoms. The molecule has 1 saturated carbocycles. The van der Waals surface area contributed by atoms with Gasteiger partial charge in [-0.1, -0.05) is 12.5 Å². The van der Waals surface area contributed by atoms with Crippen molar-refractivity contribution in [3.05, 3.63) is 12.7 Å². The first-order valence-corrected chi connectivity index (χ1v) is 6.24. The van der Waals surface area contributed by atoms with E-state index in [9.17, 15) is 0 Å².